The van der Waals surface area contributed by atoms with Crippen LogP contribution in [0.15, 0.2) is 18.2 Å². The summed E-state index contributed by atoms with van der Waals surface area (Å²) in [4.78, 5) is 2.14. The zero-order chi connectivity index (χ0) is 13.4. The maximum Gasteiger partial charge on any atom is 0.137 e. The van der Waals surface area contributed by atoms with Gasteiger partial charge in [-0.2, -0.15) is 0 Å². The first-order chi connectivity index (χ1) is 8.63. The van der Waals surface area contributed by atoms with Crippen molar-refractivity contribution in [3.05, 3.63) is 28.8 Å². The zero-order valence-corrected chi connectivity index (χ0v) is 12.3. The van der Waals surface area contributed by atoms with E-state index in [0.29, 0.717) is 11.6 Å². The van der Waals surface area contributed by atoms with Crippen LogP contribution in [0.2, 0.25) is 5.02 Å². The lowest BCUT2D eigenvalue weighted by Crippen LogP contribution is -2.15. The van der Waals surface area contributed by atoms with Crippen molar-refractivity contribution in [3.63, 3.8) is 0 Å². The van der Waals surface area contributed by atoms with Crippen molar-refractivity contribution in [1.29, 1.82) is 0 Å². The number of nitrogens with zero attached hydrogens (tertiary/aromatic N) is 1. The molecule has 0 radical (unpaired) electrons. The van der Waals surface area contributed by atoms with Gasteiger partial charge >= 0.3 is 0 Å². The van der Waals surface area contributed by atoms with Crippen LogP contribution >= 0.6 is 11.6 Å². The summed E-state index contributed by atoms with van der Waals surface area (Å²) >= 11 is 6.19. The average Bonchev–Trinajstić information content (AvgIpc) is 2.33. The molecule has 0 amide bonds. The zero-order valence-electron chi connectivity index (χ0n) is 11.5. The van der Waals surface area contributed by atoms with E-state index in [-0.39, 0.29) is 0 Å². The Kier molecular flexibility index (Phi) is 7.09. The number of ether oxygens (including phenoxy) is 1. The number of halogens is 1. The molecule has 3 nitrogen and oxygen atoms in total. The predicted molar refractivity (Wildman–Crippen MR) is 77.5 cm³/mol. The summed E-state index contributed by atoms with van der Waals surface area (Å²) < 4.78 is 5.67. The van der Waals surface area contributed by atoms with Gasteiger partial charge in [0, 0.05) is 13.1 Å². The highest BCUT2D eigenvalue weighted by molar-refractivity contribution is 6.32. The Balaban J connectivity index is 2.42. The maximum absolute atomic E-state index is 6.19. The molecule has 0 aromatic heterocycles. The second kappa shape index (κ2) is 8.35. The molecule has 1 aromatic carbocycles. The third-order valence-corrected chi connectivity index (χ3v) is 2.88. The molecule has 1 N–H and O–H groups in total. The Bertz CT molecular complexity index is 356. The van der Waals surface area contributed by atoms with Crippen LogP contribution in [-0.2, 0) is 6.54 Å². The standard InChI is InChI=1S/C14H23ClN2O/c1-4-16-11-12-6-7-14(13(15)10-12)18-9-5-8-17(2)3/h6-7,10,16H,4-5,8-9,11H2,1-3H3. The molecule has 102 valence electrons. The Labute approximate surface area is 115 Å². The van der Waals surface area contributed by atoms with Crippen molar-refractivity contribution >= 4 is 11.6 Å². The van der Waals surface area contributed by atoms with Crippen LogP contribution in [-0.4, -0.2) is 38.7 Å². The fourth-order valence-corrected chi connectivity index (χ4v) is 1.86. The SMILES string of the molecule is CCNCc1ccc(OCCCN(C)C)c(Cl)c1. The van der Waals surface area contributed by atoms with E-state index in [9.17, 15) is 0 Å². The summed E-state index contributed by atoms with van der Waals surface area (Å²) in [6.07, 6.45) is 1.00. The minimum Gasteiger partial charge on any atom is -0.492 e. The Morgan fingerprint density at radius 2 is 2.11 bits per heavy atom. The van der Waals surface area contributed by atoms with Crippen molar-refractivity contribution in [2.75, 3.05) is 33.8 Å². The van der Waals surface area contributed by atoms with Crippen molar-refractivity contribution in [3.8, 4) is 5.75 Å². The van der Waals surface area contributed by atoms with Crippen LogP contribution in [0.1, 0.15) is 18.9 Å². The lowest BCUT2D eigenvalue weighted by atomic mass is 10.2. The molecule has 0 atom stereocenters. The van der Waals surface area contributed by atoms with E-state index in [1.54, 1.807) is 0 Å². The van der Waals surface area contributed by atoms with Crippen molar-refractivity contribution in [1.82, 2.24) is 10.2 Å². The Morgan fingerprint density at radius 3 is 2.72 bits per heavy atom. The van der Waals surface area contributed by atoms with Gasteiger partial charge in [-0.15, -0.1) is 0 Å². The summed E-state index contributed by atoms with van der Waals surface area (Å²) in [5, 5.41) is 3.96. The van der Waals surface area contributed by atoms with Gasteiger partial charge < -0.3 is 15.0 Å². The van der Waals surface area contributed by atoms with Gasteiger partial charge in [-0.25, -0.2) is 0 Å². The molecule has 0 saturated heterocycles. The molecule has 0 aliphatic carbocycles. The molecule has 0 aliphatic heterocycles. The van der Waals surface area contributed by atoms with E-state index in [0.717, 1.165) is 31.8 Å². The highest BCUT2D eigenvalue weighted by atomic mass is 35.5. The Morgan fingerprint density at radius 1 is 1.33 bits per heavy atom. The summed E-state index contributed by atoms with van der Waals surface area (Å²) in [7, 11) is 4.12. The van der Waals surface area contributed by atoms with Crippen LogP contribution in [0.3, 0.4) is 0 Å². The topological polar surface area (TPSA) is 24.5 Å². The molecule has 0 spiro atoms. The monoisotopic (exact) mass is 270 g/mol. The van der Waals surface area contributed by atoms with Crippen molar-refractivity contribution in [2.45, 2.75) is 19.9 Å². The van der Waals surface area contributed by atoms with Crippen molar-refractivity contribution < 1.29 is 4.74 Å². The quantitative estimate of drug-likeness (QED) is 0.735. The first-order valence-electron chi connectivity index (χ1n) is 6.40. The second-order valence-electron chi connectivity index (χ2n) is 4.55. The Hall–Kier alpha value is -0.770. The fraction of sp³-hybridized carbons (Fsp3) is 0.571. The number of nitrogens with one attached hydrogen (secondary N) is 1. The van der Waals surface area contributed by atoms with E-state index < -0.39 is 0 Å². The lowest BCUT2D eigenvalue weighted by Gasteiger charge is -2.12. The maximum atomic E-state index is 6.19. The van der Waals surface area contributed by atoms with Gasteiger partial charge in [0.1, 0.15) is 5.75 Å². The molecule has 4 heteroatoms. The van der Waals surface area contributed by atoms with E-state index in [4.69, 9.17) is 16.3 Å². The van der Waals surface area contributed by atoms with E-state index in [2.05, 4.69) is 37.3 Å². The number of hydrogen-bond donors (Lipinski definition) is 1. The number of benzene rings is 1. The first-order valence-corrected chi connectivity index (χ1v) is 6.78. The highest BCUT2D eigenvalue weighted by Gasteiger charge is 2.03. The molecular formula is C14H23ClN2O. The molecule has 0 fully saturated rings. The minimum atomic E-state index is 0.690. The fourth-order valence-electron chi connectivity index (χ4n) is 1.60. The third kappa shape index (κ3) is 5.71. The van der Waals surface area contributed by atoms with Gasteiger partial charge in [-0.05, 0) is 44.8 Å². The smallest absolute Gasteiger partial charge is 0.137 e. The van der Waals surface area contributed by atoms with Gasteiger partial charge in [-0.3, -0.25) is 0 Å². The predicted octanol–water partition coefficient (Wildman–Crippen LogP) is 2.78. The lowest BCUT2D eigenvalue weighted by molar-refractivity contribution is 0.281. The summed E-state index contributed by atoms with van der Waals surface area (Å²) in [5.41, 5.74) is 1.18. The van der Waals surface area contributed by atoms with Crippen LogP contribution in [0.5, 0.6) is 5.75 Å². The van der Waals surface area contributed by atoms with Crippen LogP contribution < -0.4 is 10.1 Å². The molecule has 0 heterocycles. The van der Waals surface area contributed by atoms with Gasteiger partial charge in [0.15, 0.2) is 0 Å². The summed E-state index contributed by atoms with van der Waals surface area (Å²) in [6, 6.07) is 5.96. The van der Waals surface area contributed by atoms with Crippen LogP contribution in [0.4, 0.5) is 0 Å². The minimum absolute atomic E-state index is 0.690. The van der Waals surface area contributed by atoms with Crippen molar-refractivity contribution in [2.24, 2.45) is 0 Å². The highest BCUT2D eigenvalue weighted by Crippen LogP contribution is 2.25. The molecule has 18 heavy (non-hydrogen) atoms. The third-order valence-electron chi connectivity index (χ3n) is 2.58. The van der Waals surface area contributed by atoms with Crippen LogP contribution in [0.25, 0.3) is 0 Å². The van der Waals surface area contributed by atoms with E-state index >= 15 is 0 Å². The largest absolute Gasteiger partial charge is 0.492 e. The normalized spacial score (nSPS) is 10.9. The summed E-state index contributed by atoms with van der Waals surface area (Å²) in [5.74, 6) is 0.774. The van der Waals surface area contributed by atoms with Crippen LogP contribution in [0, 0.1) is 0 Å². The average molecular weight is 271 g/mol. The molecular weight excluding hydrogens is 248 g/mol. The van der Waals surface area contributed by atoms with Gasteiger partial charge in [0.2, 0.25) is 0 Å². The second-order valence-corrected chi connectivity index (χ2v) is 4.96. The van der Waals surface area contributed by atoms with Gasteiger partial charge in [0.25, 0.3) is 0 Å². The number of hydrogen-bond acceptors (Lipinski definition) is 3. The van der Waals surface area contributed by atoms with Gasteiger partial charge in [-0.1, -0.05) is 24.6 Å². The molecule has 1 rings (SSSR count). The van der Waals surface area contributed by atoms with E-state index in [1.165, 1.54) is 5.56 Å². The van der Waals surface area contributed by atoms with Gasteiger partial charge in [0.05, 0.1) is 11.6 Å². The molecule has 0 aliphatic rings. The van der Waals surface area contributed by atoms with E-state index in [1.807, 2.05) is 12.1 Å². The molecule has 0 unspecified atom stereocenters. The summed E-state index contributed by atoms with van der Waals surface area (Å²) in [6.45, 7) is 5.61. The molecule has 0 saturated carbocycles. The number of rotatable bonds is 8. The first kappa shape index (κ1) is 15.3. The molecule has 1 aromatic rings. The molecule has 0 bridgehead atoms.